The summed E-state index contributed by atoms with van der Waals surface area (Å²) in [7, 11) is 0. The second kappa shape index (κ2) is 3.51. The third kappa shape index (κ3) is 1.50. The van der Waals surface area contributed by atoms with E-state index >= 15 is 0 Å². The first-order valence-electron chi connectivity index (χ1n) is 4.61. The average molecular weight is 219 g/mol. The first-order valence-corrected chi connectivity index (χ1v) is 4.61. The number of benzene rings is 1. The highest BCUT2D eigenvalue weighted by atomic mass is 16.6. The minimum absolute atomic E-state index is 0.0442. The summed E-state index contributed by atoms with van der Waals surface area (Å²) in [6.07, 6.45) is 2.83. The molecule has 0 amide bonds. The number of hydroxylamine groups is 1. The van der Waals surface area contributed by atoms with Gasteiger partial charge in [-0.25, -0.2) is 0 Å². The number of hydrogen-bond donors (Lipinski definition) is 0. The maximum atomic E-state index is 12.1. The van der Waals surface area contributed by atoms with Crippen LogP contribution in [0.2, 0.25) is 0 Å². The van der Waals surface area contributed by atoms with Crippen LogP contribution in [0.25, 0.3) is 0 Å². The molecule has 1 aromatic carbocycles. The van der Waals surface area contributed by atoms with Crippen LogP contribution in [-0.2, 0) is 0 Å². The molecule has 0 fully saturated rings. The summed E-state index contributed by atoms with van der Waals surface area (Å²) >= 11 is 0. The molecular weight excluding hydrogens is 210 g/mol. The van der Waals surface area contributed by atoms with E-state index in [9.17, 15) is 15.3 Å². The number of rotatable bonds is 3. The van der Waals surface area contributed by atoms with Gasteiger partial charge in [-0.15, -0.1) is 0 Å². The molecule has 0 radical (unpaired) electrons. The highest BCUT2D eigenvalue weighted by Gasteiger charge is 2.29. The van der Waals surface area contributed by atoms with Crippen molar-refractivity contribution in [1.29, 1.82) is 0 Å². The second-order valence-corrected chi connectivity index (χ2v) is 3.42. The molecule has 6 heteroatoms. The Morgan fingerprint density at radius 3 is 2.94 bits per heavy atom. The molecule has 0 N–H and O–H groups in total. The van der Waals surface area contributed by atoms with Crippen LogP contribution in [0.3, 0.4) is 0 Å². The quantitative estimate of drug-likeness (QED) is 0.256. The summed E-state index contributed by atoms with van der Waals surface area (Å²) in [4.78, 5) is 10.0. The molecule has 16 heavy (non-hydrogen) atoms. The van der Waals surface area contributed by atoms with Crippen molar-refractivity contribution < 1.29 is 4.92 Å². The summed E-state index contributed by atoms with van der Waals surface area (Å²) < 4.78 is -0.878. The molecule has 1 heterocycles. The molecule has 6 nitrogen and oxygen atoms in total. The molecule has 82 valence electrons. The van der Waals surface area contributed by atoms with Gasteiger partial charge in [-0.2, -0.15) is 4.76 Å². The Kier molecular flexibility index (Phi) is 2.30. The fourth-order valence-electron chi connectivity index (χ4n) is 1.62. The Hall–Kier alpha value is -2.05. The summed E-state index contributed by atoms with van der Waals surface area (Å²) in [5.41, 5.74) is 0.855. The van der Waals surface area contributed by atoms with Gasteiger partial charge in [-0.3, -0.25) is 10.1 Å². The van der Waals surface area contributed by atoms with Gasteiger partial charge >= 0.3 is 0 Å². The monoisotopic (exact) mass is 219 g/mol. The SMILES string of the molecule is C=CC[N+]1([O-])N=Cc2cc([N+](=O)[O-])ccc21. The Morgan fingerprint density at radius 1 is 1.56 bits per heavy atom. The van der Waals surface area contributed by atoms with Gasteiger partial charge in [0, 0.05) is 18.2 Å². The van der Waals surface area contributed by atoms with Crippen molar-refractivity contribution in [2.75, 3.05) is 6.54 Å². The largest absolute Gasteiger partial charge is 0.599 e. The van der Waals surface area contributed by atoms with Crippen LogP contribution in [0.1, 0.15) is 5.56 Å². The van der Waals surface area contributed by atoms with E-state index in [4.69, 9.17) is 0 Å². The van der Waals surface area contributed by atoms with E-state index in [1.165, 1.54) is 30.5 Å². The minimum atomic E-state index is -0.878. The molecule has 0 saturated heterocycles. The van der Waals surface area contributed by atoms with Gasteiger partial charge in [0.25, 0.3) is 5.69 Å². The number of nitro groups is 1. The van der Waals surface area contributed by atoms with Crippen LogP contribution in [0.4, 0.5) is 11.4 Å². The van der Waals surface area contributed by atoms with E-state index in [1.54, 1.807) is 0 Å². The summed E-state index contributed by atoms with van der Waals surface area (Å²) in [5, 5.41) is 26.4. The smallest absolute Gasteiger partial charge is 0.270 e. The lowest BCUT2D eigenvalue weighted by Crippen LogP contribution is -2.35. The maximum absolute atomic E-state index is 12.1. The van der Waals surface area contributed by atoms with Crippen LogP contribution >= 0.6 is 0 Å². The van der Waals surface area contributed by atoms with Crippen molar-refractivity contribution in [2.24, 2.45) is 5.10 Å². The van der Waals surface area contributed by atoms with E-state index in [0.29, 0.717) is 11.3 Å². The molecule has 0 saturated carbocycles. The highest BCUT2D eigenvalue weighted by molar-refractivity contribution is 5.92. The third-order valence-electron chi connectivity index (χ3n) is 2.36. The Balaban J connectivity index is 2.47. The zero-order valence-electron chi connectivity index (χ0n) is 8.37. The summed E-state index contributed by atoms with van der Waals surface area (Å²) in [6, 6.07) is 4.10. The second-order valence-electron chi connectivity index (χ2n) is 3.42. The minimum Gasteiger partial charge on any atom is -0.599 e. The van der Waals surface area contributed by atoms with Crippen molar-refractivity contribution in [3.05, 3.63) is 51.7 Å². The van der Waals surface area contributed by atoms with E-state index in [0.717, 1.165) is 0 Å². The van der Waals surface area contributed by atoms with Gasteiger partial charge in [0.2, 0.25) is 0 Å². The van der Waals surface area contributed by atoms with Gasteiger partial charge in [0.1, 0.15) is 6.54 Å². The average Bonchev–Trinajstić information content (AvgIpc) is 2.57. The number of nitro benzene ring substituents is 1. The lowest BCUT2D eigenvalue weighted by Gasteiger charge is -2.31. The molecule has 1 aliphatic rings. The van der Waals surface area contributed by atoms with Gasteiger partial charge in [0.15, 0.2) is 5.69 Å². The predicted octanol–water partition coefficient (Wildman–Crippen LogP) is 1.93. The fourth-order valence-corrected chi connectivity index (χ4v) is 1.62. The molecular formula is C10H9N3O3. The first-order chi connectivity index (χ1) is 7.57. The molecule has 2 rings (SSSR count). The maximum Gasteiger partial charge on any atom is 0.270 e. The van der Waals surface area contributed by atoms with Gasteiger partial charge in [-0.05, 0) is 6.08 Å². The van der Waals surface area contributed by atoms with Crippen LogP contribution in [0.5, 0.6) is 0 Å². The number of non-ortho nitro benzene ring substituents is 1. The normalized spacial score (nSPS) is 21.8. The number of nitrogens with zero attached hydrogens (tertiary/aromatic N) is 3. The van der Waals surface area contributed by atoms with Crippen LogP contribution in [0, 0.1) is 15.3 Å². The van der Waals surface area contributed by atoms with E-state index in [2.05, 4.69) is 11.7 Å². The van der Waals surface area contributed by atoms with E-state index in [1.807, 2.05) is 0 Å². The summed E-state index contributed by atoms with van der Waals surface area (Å²) in [5.74, 6) is 0. The van der Waals surface area contributed by atoms with Gasteiger partial charge < -0.3 is 5.21 Å². The molecule has 0 aliphatic carbocycles. The zero-order valence-corrected chi connectivity index (χ0v) is 8.37. The fraction of sp³-hybridized carbons (Fsp3) is 0.100. The van der Waals surface area contributed by atoms with Crippen LogP contribution < -0.4 is 4.76 Å². The molecule has 1 aromatic rings. The van der Waals surface area contributed by atoms with E-state index in [-0.39, 0.29) is 12.2 Å². The lowest BCUT2D eigenvalue weighted by molar-refractivity contribution is -0.384. The molecule has 1 unspecified atom stereocenters. The van der Waals surface area contributed by atoms with Crippen LogP contribution in [-0.4, -0.2) is 17.7 Å². The Labute approximate surface area is 91.4 Å². The molecule has 1 atom stereocenters. The predicted molar refractivity (Wildman–Crippen MR) is 60.9 cm³/mol. The highest BCUT2D eigenvalue weighted by Crippen LogP contribution is 2.33. The molecule has 0 spiro atoms. The van der Waals surface area contributed by atoms with Crippen molar-refractivity contribution >= 4 is 17.6 Å². The van der Waals surface area contributed by atoms with Crippen LogP contribution in [0.15, 0.2) is 36.0 Å². The Morgan fingerprint density at radius 2 is 2.31 bits per heavy atom. The molecule has 0 bridgehead atoms. The number of hydrogen-bond acceptors (Lipinski definition) is 4. The van der Waals surface area contributed by atoms with Crippen molar-refractivity contribution in [3.8, 4) is 0 Å². The summed E-state index contributed by atoms with van der Waals surface area (Å²) in [6.45, 7) is 3.60. The first kappa shape index (κ1) is 10.5. The van der Waals surface area contributed by atoms with Crippen molar-refractivity contribution in [3.63, 3.8) is 0 Å². The van der Waals surface area contributed by atoms with Gasteiger partial charge in [-0.1, -0.05) is 11.7 Å². The molecule has 1 aliphatic heterocycles. The topological polar surface area (TPSA) is 78.6 Å². The number of fused-ring (bicyclic) bond motifs is 1. The number of quaternary nitrogens is 1. The molecule has 0 aromatic heterocycles. The van der Waals surface area contributed by atoms with Crippen molar-refractivity contribution in [2.45, 2.75) is 0 Å². The standard InChI is InChI=1S/C10H9N3O3/c1-2-5-13(16)10-4-3-9(12(14)15)6-8(10)7-11-13/h2-4,6-7H,1,5H2. The third-order valence-corrected chi connectivity index (χ3v) is 2.36. The van der Waals surface area contributed by atoms with Gasteiger partial charge in [0.05, 0.1) is 16.7 Å². The lowest BCUT2D eigenvalue weighted by atomic mass is 10.2. The van der Waals surface area contributed by atoms with Crippen molar-refractivity contribution in [1.82, 2.24) is 4.76 Å². The zero-order chi connectivity index (χ0) is 11.8. The Bertz CT molecular complexity index is 498. The van der Waals surface area contributed by atoms with E-state index < -0.39 is 9.68 Å².